The van der Waals surface area contributed by atoms with E-state index < -0.39 is 5.54 Å². The van der Waals surface area contributed by atoms with Crippen molar-refractivity contribution in [3.8, 4) is 0 Å². The number of nitrogens with zero attached hydrogens (tertiary/aromatic N) is 3. The Morgan fingerprint density at radius 3 is 2.23 bits per heavy atom. The molecule has 128 valence electrons. The van der Waals surface area contributed by atoms with E-state index in [1.54, 1.807) is 0 Å². The minimum atomic E-state index is -0.572. The Balaban J connectivity index is 2.13. The topological polar surface area (TPSA) is 30.7 Å². The van der Waals surface area contributed by atoms with Crippen molar-refractivity contribution in [3.63, 3.8) is 0 Å². The largest absolute Gasteiger partial charge is 0.317 e. The van der Waals surface area contributed by atoms with E-state index in [9.17, 15) is 0 Å². The van der Waals surface area contributed by atoms with Crippen LogP contribution in [0.1, 0.15) is 27.9 Å². The van der Waals surface area contributed by atoms with E-state index in [0.717, 1.165) is 11.3 Å². The summed E-state index contributed by atoms with van der Waals surface area (Å²) in [7, 11) is 0. The maximum atomic E-state index is 4.76. The van der Waals surface area contributed by atoms with Gasteiger partial charge in [-0.3, -0.25) is 4.98 Å². The van der Waals surface area contributed by atoms with Gasteiger partial charge in [-0.15, -0.1) is 0 Å². The number of aromatic nitrogens is 3. The molecule has 0 amide bonds. The van der Waals surface area contributed by atoms with Crippen molar-refractivity contribution < 1.29 is 0 Å². The van der Waals surface area contributed by atoms with Crippen LogP contribution in [0.2, 0.25) is 0 Å². The van der Waals surface area contributed by atoms with Gasteiger partial charge in [-0.2, -0.15) is 0 Å². The second-order valence-electron chi connectivity index (χ2n) is 6.56. The average Bonchev–Trinajstić information content (AvgIpc) is 3.22. The van der Waals surface area contributed by atoms with Crippen LogP contribution in [-0.4, -0.2) is 14.5 Å². The highest BCUT2D eigenvalue weighted by Crippen LogP contribution is 2.40. The normalized spacial score (nSPS) is 13.3. The molecule has 1 atom stereocenters. The molecule has 0 fully saturated rings. The third-order valence-corrected chi connectivity index (χ3v) is 5.04. The van der Waals surface area contributed by atoms with E-state index in [1.807, 2.05) is 43.1 Å². The van der Waals surface area contributed by atoms with Gasteiger partial charge in [0.1, 0.15) is 5.54 Å². The fourth-order valence-corrected chi connectivity index (χ4v) is 3.57. The molecule has 3 nitrogen and oxygen atoms in total. The molecule has 0 saturated carbocycles. The van der Waals surface area contributed by atoms with E-state index in [2.05, 4.69) is 71.9 Å². The van der Waals surface area contributed by atoms with Gasteiger partial charge in [-0.25, -0.2) is 4.98 Å². The SMILES string of the molecule is Cc1ccc(C(c2ccccc2)(c2ccccn2)n2ccnc2)cc1C. The molecule has 0 radical (unpaired) electrons. The van der Waals surface area contributed by atoms with Gasteiger partial charge in [0.2, 0.25) is 0 Å². The number of benzene rings is 2. The first kappa shape index (κ1) is 16.3. The first-order chi connectivity index (χ1) is 12.7. The molecular weight excluding hydrogens is 318 g/mol. The zero-order valence-corrected chi connectivity index (χ0v) is 15.0. The molecule has 2 heterocycles. The van der Waals surface area contributed by atoms with Crippen molar-refractivity contribution in [2.75, 3.05) is 0 Å². The average molecular weight is 339 g/mol. The first-order valence-corrected chi connectivity index (χ1v) is 8.76. The molecule has 3 heteroatoms. The number of imidazole rings is 1. The molecule has 2 aromatic heterocycles. The van der Waals surface area contributed by atoms with Crippen molar-refractivity contribution in [1.82, 2.24) is 14.5 Å². The second kappa shape index (κ2) is 6.60. The van der Waals surface area contributed by atoms with Crippen molar-refractivity contribution in [2.24, 2.45) is 0 Å². The molecule has 26 heavy (non-hydrogen) atoms. The molecule has 0 aliphatic carbocycles. The van der Waals surface area contributed by atoms with E-state index >= 15 is 0 Å². The summed E-state index contributed by atoms with van der Waals surface area (Å²) >= 11 is 0. The first-order valence-electron chi connectivity index (χ1n) is 8.76. The maximum Gasteiger partial charge on any atom is 0.138 e. The Kier molecular flexibility index (Phi) is 4.13. The third kappa shape index (κ3) is 2.53. The Morgan fingerprint density at radius 2 is 1.58 bits per heavy atom. The zero-order chi connectivity index (χ0) is 18.0. The predicted octanol–water partition coefficient (Wildman–Crippen LogP) is 4.74. The highest BCUT2D eigenvalue weighted by atomic mass is 15.1. The smallest absolute Gasteiger partial charge is 0.138 e. The lowest BCUT2D eigenvalue weighted by Gasteiger charge is -2.36. The fourth-order valence-electron chi connectivity index (χ4n) is 3.57. The van der Waals surface area contributed by atoms with Gasteiger partial charge in [-0.05, 0) is 48.2 Å². The number of aryl methyl sites for hydroxylation is 2. The van der Waals surface area contributed by atoms with Gasteiger partial charge in [0.05, 0.1) is 12.0 Å². The van der Waals surface area contributed by atoms with Gasteiger partial charge in [0, 0.05) is 18.6 Å². The van der Waals surface area contributed by atoms with E-state index in [0.29, 0.717) is 0 Å². The molecule has 4 rings (SSSR count). The van der Waals surface area contributed by atoms with Gasteiger partial charge in [-0.1, -0.05) is 54.6 Å². The number of pyridine rings is 1. The summed E-state index contributed by atoms with van der Waals surface area (Å²) in [4.78, 5) is 9.10. The van der Waals surface area contributed by atoms with Crippen molar-refractivity contribution in [2.45, 2.75) is 19.4 Å². The van der Waals surface area contributed by atoms with Crippen molar-refractivity contribution in [3.05, 3.63) is 120 Å². The van der Waals surface area contributed by atoms with E-state index in [-0.39, 0.29) is 0 Å². The Morgan fingerprint density at radius 1 is 0.769 bits per heavy atom. The summed E-state index contributed by atoms with van der Waals surface area (Å²) in [5.41, 5.74) is 5.26. The minimum absolute atomic E-state index is 0.572. The van der Waals surface area contributed by atoms with Crippen LogP contribution >= 0.6 is 0 Å². The molecular formula is C23H21N3. The molecule has 0 aliphatic heterocycles. The summed E-state index contributed by atoms with van der Waals surface area (Å²) in [5.74, 6) is 0. The molecule has 1 unspecified atom stereocenters. The number of hydrogen-bond acceptors (Lipinski definition) is 2. The van der Waals surface area contributed by atoms with Crippen LogP contribution in [0.3, 0.4) is 0 Å². The Labute approximate surface area is 154 Å². The van der Waals surface area contributed by atoms with Crippen LogP contribution in [0.15, 0.2) is 91.6 Å². The van der Waals surface area contributed by atoms with Crippen LogP contribution in [0.25, 0.3) is 0 Å². The number of rotatable bonds is 4. The van der Waals surface area contributed by atoms with Gasteiger partial charge < -0.3 is 4.57 Å². The monoisotopic (exact) mass is 339 g/mol. The quantitative estimate of drug-likeness (QED) is 0.538. The summed E-state index contributed by atoms with van der Waals surface area (Å²) in [6.07, 6.45) is 7.56. The summed E-state index contributed by atoms with van der Waals surface area (Å²) in [6, 6.07) is 23.2. The van der Waals surface area contributed by atoms with Crippen molar-refractivity contribution in [1.29, 1.82) is 0 Å². The lowest BCUT2D eigenvalue weighted by atomic mass is 9.78. The lowest BCUT2D eigenvalue weighted by Crippen LogP contribution is -2.37. The van der Waals surface area contributed by atoms with Gasteiger partial charge >= 0.3 is 0 Å². The van der Waals surface area contributed by atoms with Crippen LogP contribution in [0.5, 0.6) is 0 Å². The number of hydrogen-bond donors (Lipinski definition) is 0. The molecule has 0 saturated heterocycles. The summed E-state index contributed by atoms with van der Waals surface area (Å²) in [5, 5.41) is 0. The van der Waals surface area contributed by atoms with Crippen LogP contribution < -0.4 is 0 Å². The minimum Gasteiger partial charge on any atom is -0.317 e. The predicted molar refractivity (Wildman–Crippen MR) is 104 cm³/mol. The molecule has 0 aliphatic rings. The maximum absolute atomic E-state index is 4.76. The van der Waals surface area contributed by atoms with Gasteiger partial charge in [0.15, 0.2) is 0 Å². The van der Waals surface area contributed by atoms with E-state index in [4.69, 9.17) is 4.98 Å². The standard InChI is InChI=1S/C23H21N3/c1-18-11-12-21(16-19(18)2)23(26-15-14-24-17-26,20-8-4-3-5-9-20)22-10-6-7-13-25-22/h3-17H,1-2H3. The highest BCUT2D eigenvalue weighted by molar-refractivity contribution is 5.50. The highest BCUT2D eigenvalue weighted by Gasteiger charge is 2.39. The molecule has 0 N–H and O–H groups in total. The molecule has 4 aromatic rings. The fraction of sp³-hybridized carbons (Fsp3) is 0.130. The van der Waals surface area contributed by atoms with Crippen molar-refractivity contribution >= 4 is 0 Å². The van der Waals surface area contributed by atoms with E-state index in [1.165, 1.54) is 16.7 Å². The Bertz CT molecular complexity index is 951. The summed E-state index contributed by atoms with van der Waals surface area (Å²) < 4.78 is 2.15. The van der Waals surface area contributed by atoms with Crippen LogP contribution in [-0.2, 0) is 5.54 Å². The molecule has 0 spiro atoms. The third-order valence-electron chi connectivity index (χ3n) is 5.04. The van der Waals surface area contributed by atoms with Crippen LogP contribution in [0, 0.1) is 13.8 Å². The van der Waals surface area contributed by atoms with Crippen LogP contribution in [0.4, 0.5) is 0 Å². The van der Waals surface area contributed by atoms with Gasteiger partial charge in [0.25, 0.3) is 0 Å². The summed E-state index contributed by atoms with van der Waals surface area (Å²) in [6.45, 7) is 4.29. The molecule has 2 aromatic carbocycles. The zero-order valence-electron chi connectivity index (χ0n) is 15.0. The molecule has 0 bridgehead atoms. The Hall–Kier alpha value is -3.20. The lowest BCUT2D eigenvalue weighted by molar-refractivity contribution is 0.499. The second-order valence-corrected chi connectivity index (χ2v) is 6.56.